The molecule has 260 valence electrons. The monoisotopic (exact) mass is 717 g/mol. The van der Waals surface area contributed by atoms with Crippen molar-refractivity contribution in [2.45, 2.75) is 38.9 Å². The van der Waals surface area contributed by atoms with Gasteiger partial charge < -0.3 is 18.3 Å². The zero-order valence-corrected chi connectivity index (χ0v) is 31.3. The zero-order chi connectivity index (χ0) is 36.3. The molecule has 0 N–H and O–H groups in total. The maximum absolute atomic E-state index is 6.57. The van der Waals surface area contributed by atoms with E-state index in [1.165, 1.54) is 47.5 Å². The topological polar surface area (TPSA) is 36.5 Å². The first-order valence-electron chi connectivity index (χ1n) is 18.6. The van der Waals surface area contributed by atoms with Gasteiger partial charge in [-0.3, -0.25) is 0 Å². The molecule has 1 aliphatic heterocycles. The van der Waals surface area contributed by atoms with E-state index in [9.17, 15) is 0 Å². The van der Waals surface area contributed by atoms with Crippen molar-refractivity contribution >= 4 is 87.8 Å². The van der Waals surface area contributed by atoms with Crippen LogP contribution in [-0.4, -0.2) is 22.9 Å². The molecule has 0 bridgehead atoms. The molecule has 6 heteroatoms. The van der Waals surface area contributed by atoms with Crippen LogP contribution in [0.5, 0.6) is 0 Å². The highest BCUT2D eigenvalue weighted by Gasteiger charge is 2.52. The summed E-state index contributed by atoms with van der Waals surface area (Å²) in [4.78, 5) is 0. The molecule has 54 heavy (non-hydrogen) atoms. The number of thiophene rings is 1. The van der Waals surface area contributed by atoms with E-state index in [1.807, 2.05) is 11.3 Å². The Morgan fingerprint density at radius 1 is 0.500 bits per heavy atom. The van der Waals surface area contributed by atoms with E-state index in [4.69, 9.17) is 13.7 Å². The van der Waals surface area contributed by atoms with Crippen LogP contribution in [0.25, 0.3) is 91.9 Å². The molecule has 7 aromatic carbocycles. The first kappa shape index (κ1) is 31.8. The van der Waals surface area contributed by atoms with Crippen molar-refractivity contribution in [3.63, 3.8) is 0 Å². The van der Waals surface area contributed by atoms with Crippen molar-refractivity contribution in [2.75, 3.05) is 0 Å². The molecule has 0 saturated carbocycles. The lowest BCUT2D eigenvalue weighted by Crippen LogP contribution is -2.41. The fraction of sp³-hybridized carbons (Fsp3) is 0.125. The normalized spacial score (nSPS) is 15.5. The molecule has 0 aliphatic carbocycles. The number of hydrogen-bond acceptors (Lipinski definition) is 4. The lowest BCUT2D eigenvalue weighted by Gasteiger charge is -2.32. The summed E-state index contributed by atoms with van der Waals surface area (Å²) in [7, 11) is -0.436. The van der Waals surface area contributed by atoms with E-state index in [0.29, 0.717) is 0 Å². The summed E-state index contributed by atoms with van der Waals surface area (Å²) in [6, 6.07) is 52.5. The molecule has 0 atom stereocenters. The maximum atomic E-state index is 6.57. The van der Waals surface area contributed by atoms with Crippen LogP contribution in [0, 0.1) is 0 Å². The Labute approximate surface area is 317 Å². The van der Waals surface area contributed by atoms with Gasteiger partial charge in [0.05, 0.1) is 22.2 Å². The second-order valence-electron chi connectivity index (χ2n) is 15.5. The summed E-state index contributed by atoms with van der Waals surface area (Å²) < 4.78 is 24.5. The summed E-state index contributed by atoms with van der Waals surface area (Å²) in [5.41, 5.74) is 10.2. The first-order valence-corrected chi connectivity index (χ1v) is 19.4. The van der Waals surface area contributed by atoms with Gasteiger partial charge in [-0.05, 0) is 122 Å². The average Bonchev–Trinajstić information content (AvgIpc) is 3.91. The van der Waals surface area contributed by atoms with Crippen LogP contribution in [0.2, 0.25) is 0 Å². The molecule has 0 unspecified atom stereocenters. The molecule has 4 nitrogen and oxygen atoms in total. The summed E-state index contributed by atoms with van der Waals surface area (Å²) in [6.07, 6.45) is 0. The zero-order valence-electron chi connectivity index (χ0n) is 30.5. The highest BCUT2D eigenvalue weighted by Crippen LogP contribution is 2.43. The van der Waals surface area contributed by atoms with Crippen LogP contribution in [0.1, 0.15) is 27.7 Å². The van der Waals surface area contributed by atoms with Crippen LogP contribution in [0.3, 0.4) is 0 Å². The van der Waals surface area contributed by atoms with E-state index in [1.54, 1.807) is 0 Å². The van der Waals surface area contributed by atoms with Gasteiger partial charge in [0.1, 0.15) is 11.2 Å². The number of para-hydroxylation sites is 2. The van der Waals surface area contributed by atoms with Gasteiger partial charge in [-0.1, -0.05) is 78.9 Å². The third-order valence-electron chi connectivity index (χ3n) is 11.9. The Morgan fingerprint density at radius 3 is 2.02 bits per heavy atom. The van der Waals surface area contributed by atoms with Crippen molar-refractivity contribution in [3.8, 4) is 27.9 Å². The van der Waals surface area contributed by atoms with Gasteiger partial charge in [0.15, 0.2) is 0 Å². The minimum Gasteiger partial charge on any atom is -0.456 e. The number of furan rings is 1. The second-order valence-corrected chi connectivity index (χ2v) is 16.6. The lowest BCUT2D eigenvalue weighted by molar-refractivity contribution is 0.00578. The Hall–Kier alpha value is -5.66. The molecule has 0 radical (unpaired) electrons. The third kappa shape index (κ3) is 4.64. The lowest BCUT2D eigenvalue weighted by atomic mass is 9.76. The third-order valence-corrected chi connectivity index (χ3v) is 13.0. The van der Waals surface area contributed by atoms with Crippen LogP contribution in [0.15, 0.2) is 150 Å². The maximum Gasteiger partial charge on any atom is 0.495 e. The van der Waals surface area contributed by atoms with E-state index >= 15 is 0 Å². The van der Waals surface area contributed by atoms with Gasteiger partial charge in [0.25, 0.3) is 0 Å². The molecule has 1 fully saturated rings. The Morgan fingerprint density at radius 2 is 1.19 bits per heavy atom. The SMILES string of the molecule is CC1(C)OB(c2cccc3sc4ccc(-c5cccc6oc7ccc(-c8ccc9c(c8)c8ccccc8n9-c8ccccc8)cc7c56)cc4c23)OC1(C)C. The summed E-state index contributed by atoms with van der Waals surface area (Å²) in [6.45, 7) is 8.45. The first-order chi connectivity index (χ1) is 26.2. The molecular weight excluding hydrogens is 681 g/mol. The van der Waals surface area contributed by atoms with Crippen LogP contribution in [-0.2, 0) is 9.31 Å². The van der Waals surface area contributed by atoms with Gasteiger partial charge in [-0.2, -0.15) is 0 Å². The van der Waals surface area contributed by atoms with Crippen LogP contribution >= 0.6 is 11.3 Å². The minimum absolute atomic E-state index is 0.416. The van der Waals surface area contributed by atoms with Crippen molar-refractivity contribution in [2.24, 2.45) is 0 Å². The van der Waals surface area contributed by atoms with E-state index in [2.05, 4.69) is 178 Å². The molecule has 4 heterocycles. The molecule has 3 aromatic heterocycles. The summed E-state index contributed by atoms with van der Waals surface area (Å²) in [5.74, 6) is 0. The van der Waals surface area contributed by atoms with Gasteiger partial charge >= 0.3 is 7.12 Å². The molecule has 1 saturated heterocycles. The minimum atomic E-state index is -0.436. The number of aromatic nitrogens is 1. The van der Waals surface area contributed by atoms with Gasteiger partial charge in [0, 0.05) is 47.4 Å². The summed E-state index contributed by atoms with van der Waals surface area (Å²) >= 11 is 1.82. The molecule has 0 amide bonds. The second kappa shape index (κ2) is 11.4. The van der Waals surface area contributed by atoms with E-state index in [0.717, 1.165) is 49.8 Å². The quantitative estimate of drug-likeness (QED) is 0.170. The highest BCUT2D eigenvalue weighted by atomic mass is 32.1. The number of rotatable bonds is 4. The van der Waals surface area contributed by atoms with Crippen molar-refractivity contribution < 1.29 is 13.7 Å². The Bertz CT molecular complexity index is 3120. The predicted octanol–water partition coefficient (Wildman–Crippen LogP) is 12.7. The molecule has 0 spiro atoms. The average molecular weight is 718 g/mol. The largest absolute Gasteiger partial charge is 0.495 e. The Balaban J connectivity index is 1.06. The number of nitrogens with zero attached hydrogens (tertiary/aromatic N) is 1. The fourth-order valence-corrected chi connectivity index (χ4v) is 9.56. The molecular formula is C48H36BNO3S. The Kier molecular flexibility index (Phi) is 6.74. The van der Waals surface area contributed by atoms with E-state index in [-0.39, 0.29) is 0 Å². The summed E-state index contributed by atoms with van der Waals surface area (Å²) in [5, 5.41) is 7.13. The molecule has 11 rings (SSSR count). The van der Waals surface area contributed by atoms with E-state index < -0.39 is 18.3 Å². The van der Waals surface area contributed by atoms with Crippen molar-refractivity contribution in [1.82, 2.24) is 4.57 Å². The number of benzene rings is 7. The van der Waals surface area contributed by atoms with Gasteiger partial charge in [-0.15, -0.1) is 11.3 Å². The highest BCUT2D eigenvalue weighted by molar-refractivity contribution is 7.26. The van der Waals surface area contributed by atoms with Gasteiger partial charge in [0.2, 0.25) is 0 Å². The fourth-order valence-electron chi connectivity index (χ4n) is 8.44. The standard InChI is InChI=1S/C48H36BNO3S/c1-47(2)48(3,4)53-49(52-47)38-16-11-19-44-46(38)37-28-31(22-25-43(37)54-44)33-15-10-18-42-45(33)36-27-30(21-24-41(36)51-42)29-20-23-40-35(26-29)34-14-8-9-17-39(34)50(40)32-12-6-5-7-13-32/h5-28H,1-4H3. The molecule has 10 aromatic rings. The predicted molar refractivity (Wildman–Crippen MR) is 228 cm³/mol. The smallest absolute Gasteiger partial charge is 0.456 e. The van der Waals surface area contributed by atoms with Crippen LogP contribution < -0.4 is 5.46 Å². The van der Waals surface area contributed by atoms with Crippen molar-refractivity contribution in [1.29, 1.82) is 0 Å². The van der Waals surface area contributed by atoms with Crippen LogP contribution in [0.4, 0.5) is 0 Å². The van der Waals surface area contributed by atoms with Crippen molar-refractivity contribution in [3.05, 3.63) is 146 Å². The van der Waals surface area contributed by atoms with Gasteiger partial charge in [-0.25, -0.2) is 0 Å². The molecule has 1 aliphatic rings. The number of hydrogen-bond donors (Lipinski definition) is 0. The number of fused-ring (bicyclic) bond motifs is 9.